The fourth-order valence-electron chi connectivity index (χ4n) is 2.04. The highest BCUT2D eigenvalue weighted by Crippen LogP contribution is 2.44. The topological polar surface area (TPSA) is 52.3 Å². The molecular weight excluding hydrogens is 221 g/mol. The van der Waals surface area contributed by atoms with Gasteiger partial charge >= 0.3 is 5.97 Å². The fraction of sp³-hybridized carbons (Fsp3) is 0.462. The predicted octanol–water partition coefficient (Wildman–Crippen LogP) is 1.95. The van der Waals surface area contributed by atoms with Crippen LogP contribution in [0.3, 0.4) is 0 Å². The van der Waals surface area contributed by atoms with Crippen LogP contribution in [0.2, 0.25) is 0 Å². The number of benzene rings is 1. The summed E-state index contributed by atoms with van der Waals surface area (Å²) in [6.07, 6.45) is 1.82. The minimum atomic E-state index is -1.12. The van der Waals surface area contributed by atoms with E-state index in [0.717, 1.165) is 12.8 Å². The number of nitrogens with two attached hydrogens (primary N) is 1. The molecule has 1 aromatic carbocycles. The summed E-state index contributed by atoms with van der Waals surface area (Å²) < 4.78 is 17.9. The molecule has 0 aliphatic heterocycles. The minimum absolute atomic E-state index is 0.104. The third-order valence-electron chi connectivity index (χ3n) is 3.16. The molecule has 0 spiro atoms. The number of halogens is 1. The van der Waals surface area contributed by atoms with E-state index >= 15 is 0 Å². The molecule has 0 radical (unpaired) electrons. The van der Waals surface area contributed by atoms with E-state index in [-0.39, 0.29) is 11.7 Å². The van der Waals surface area contributed by atoms with Crippen LogP contribution in [-0.2, 0) is 15.1 Å². The zero-order valence-electron chi connectivity index (χ0n) is 9.78. The van der Waals surface area contributed by atoms with Crippen molar-refractivity contribution in [2.75, 3.05) is 6.61 Å². The van der Waals surface area contributed by atoms with Gasteiger partial charge in [-0.2, -0.15) is 0 Å². The summed E-state index contributed by atoms with van der Waals surface area (Å²) in [5.74, 6) is -0.656. The SMILES string of the molecule is CCOC(=O)C(N)(c1ccc(F)cc1)C1CC1. The molecule has 1 aliphatic carbocycles. The van der Waals surface area contributed by atoms with E-state index in [2.05, 4.69) is 0 Å². The molecule has 3 nitrogen and oxygen atoms in total. The maximum absolute atomic E-state index is 12.9. The lowest BCUT2D eigenvalue weighted by atomic mass is 9.86. The van der Waals surface area contributed by atoms with E-state index in [1.165, 1.54) is 12.1 Å². The molecule has 0 saturated heterocycles. The van der Waals surface area contributed by atoms with Crippen LogP contribution in [0.1, 0.15) is 25.3 Å². The Labute approximate surface area is 99.8 Å². The summed E-state index contributed by atoms with van der Waals surface area (Å²) in [5.41, 5.74) is 5.71. The van der Waals surface area contributed by atoms with Gasteiger partial charge in [0.15, 0.2) is 0 Å². The van der Waals surface area contributed by atoms with Gasteiger partial charge < -0.3 is 10.5 Å². The first-order valence-electron chi connectivity index (χ1n) is 5.81. The minimum Gasteiger partial charge on any atom is -0.464 e. The maximum Gasteiger partial charge on any atom is 0.331 e. The van der Waals surface area contributed by atoms with E-state index < -0.39 is 11.5 Å². The molecule has 1 saturated carbocycles. The van der Waals surface area contributed by atoms with Crippen LogP contribution in [0.4, 0.5) is 4.39 Å². The molecular formula is C13H16FNO2. The van der Waals surface area contributed by atoms with Crippen molar-refractivity contribution in [3.05, 3.63) is 35.6 Å². The number of hydrogen-bond donors (Lipinski definition) is 1. The molecule has 1 fully saturated rings. The van der Waals surface area contributed by atoms with E-state index in [1.54, 1.807) is 19.1 Å². The van der Waals surface area contributed by atoms with Crippen molar-refractivity contribution in [3.63, 3.8) is 0 Å². The number of rotatable bonds is 4. The third-order valence-corrected chi connectivity index (χ3v) is 3.16. The quantitative estimate of drug-likeness (QED) is 0.814. The smallest absolute Gasteiger partial charge is 0.331 e. The number of carbonyl (C=O) groups is 1. The van der Waals surface area contributed by atoms with Crippen molar-refractivity contribution in [2.24, 2.45) is 11.7 Å². The normalized spacial score (nSPS) is 18.5. The van der Waals surface area contributed by atoms with Crippen molar-refractivity contribution in [3.8, 4) is 0 Å². The highest BCUT2D eigenvalue weighted by molar-refractivity contribution is 5.83. The van der Waals surface area contributed by atoms with E-state index in [9.17, 15) is 9.18 Å². The molecule has 0 heterocycles. The molecule has 0 bridgehead atoms. The Kier molecular flexibility index (Phi) is 3.15. The zero-order valence-corrected chi connectivity index (χ0v) is 9.78. The summed E-state index contributed by atoms with van der Waals surface area (Å²) >= 11 is 0. The maximum atomic E-state index is 12.9. The molecule has 2 rings (SSSR count). The van der Waals surface area contributed by atoms with Gasteiger partial charge in [-0.1, -0.05) is 12.1 Å². The van der Waals surface area contributed by atoms with Crippen molar-refractivity contribution in [2.45, 2.75) is 25.3 Å². The van der Waals surface area contributed by atoms with Gasteiger partial charge in [0.25, 0.3) is 0 Å². The van der Waals surface area contributed by atoms with E-state index in [1.807, 2.05) is 0 Å². The molecule has 92 valence electrons. The van der Waals surface area contributed by atoms with Gasteiger partial charge in [0, 0.05) is 0 Å². The van der Waals surface area contributed by atoms with Crippen LogP contribution in [0.25, 0.3) is 0 Å². The van der Waals surface area contributed by atoms with Crippen LogP contribution in [0.15, 0.2) is 24.3 Å². The largest absolute Gasteiger partial charge is 0.464 e. The van der Waals surface area contributed by atoms with Crippen molar-refractivity contribution in [1.29, 1.82) is 0 Å². The van der Waals surface area contributed by atoms with Crippen LogP contribution in [0.5, 0.6) is 0 Å². The van der Waals surface area contributed by atoms with Crippen molar-refractivity contribution in [1.82, 2.24) is 0 Å². The standard InChI is InChI=1S/C13H16FNO2/c1-2-17-12(16)13(15,9-3-4-9)10-5-7-11(14)8-6-10/h5-9H,2-4,15H2,1H3. The van der Waals surface area contributed by atoms with Gasteiger partial charge in [0.1, 0.15) is 11.4 Å². The first-order chi connectivity index (χ1) is 8.09. The second-order valence-electron chi connectivity index (χ2n) is 4.37. The lowest BCUT2D eigenvalue weighted by Crippen LogP contribution is -2.48. The number of ether oxygens (including phenoxy) is 1. The third kappa shape index (κ3) is 2.17. The summed E-state index contributed by atoms with van der Waals surface area (Å²) in [7, 11) is 0. The Morgan fingerprint density at radius 1 is 1.47 bits per heavy atom. The number of hydrogen-bond acceptors (Lipinski definition) is 3. The molecule has 4 heteroatoms. The average Bonchev–Trinajstić information content (AvgIpc) is 3.13. The van der Waals surface area contributed by atoms with E-state index in [0.29, 0.717) is 12.2 Å². The monoisotopic (exact) mass is 237 g/mol. The van der Waals surface area contributed by atoms with Crippen LogP contribution < -0.4 is 5.73 Å². The second kappa shape index (κ2) is 4.45. The molecule has 2 N–H and O–H groups in total. The Morgan fingerprint density at radius 2 is 2.06 bits per heavy atom. The first-order valence-corrected chi connectivity index (χ1v) is 5.81. The number of carbonyl (C=O) groups excluding carboxylic acids is 1. The van der Waals surface area contributed by atoms with Gasteiger partial charge in [-0.15, -0.1) is 0 Å². The predicted molar refractivity (Wildman–Crippen MR) is 61.6 cm³/mol. The van der Waals surface area contributed by atoms with Crippen molar-refractivity contribution >= 4 is 5.97 Å². The summed E-state index contributed by atoms with van der Waals surface area (Å²) in [5, 5.41) is 0. The molecule has 1 aromatic rings. The van der Waals surface area contributed by atoms with Gasteiger partial charge in [-0.05, 0) is 43.4 Å². The fourth-order valence-corrected chi connectivity index (χ4v) is 2.04. The van der Waals surface area contributed by atoms with E-state index in [4.69, 9.17) is 10.5 Å². The van der Waals surface area contributed by atoms with Crippen LogP contribution in [-0.4, -0.2) is 12.6 Å². The molecule has 1 aliphatic rings. The lowest BCUT2D eigenvalue weighted by molar-refractivity contribution is -0.151. The molecule has 17 heavy (non-hydrogen) atoms. The number of esters is 1. The highest BCUT2D eigenvalue weighted by Gasteiger charge is 2.50. The summed E-state index contributed by atoms with van der Waals surface area (Å²) in [4.78, 5) is 12.0. The molecule has 0 amide bonds. The summed E-state index contributed by atoms with van der Waals surface area (Å²) in [6, 6.07) is 5.76. The molecule has 1 unspecified atom stereocenters. The van der Waals surface area contributed by atoms with Gasteiger partial charge in [-0.25, -0.2) is 9.18 Å². The van der Waals surface area contributed by atoms with Crippen LogP contribution >= 0.6 is 0 Å². The highest BCUT2D eigenvalue weighted by atomic mass is 19.1. The van der Waals surface area contributed by atoms with Crippen molar-refractivity contribution < 1.29 is 13.9 Å². The summed E-state index contributed by atoms with van der Waals surface area (Å²) in [6.45, 7) is 2.04. The Balaban J connectivity index is 2.33. The second-order valence-corrected chi connectivity index (χ2v) is 4.37. The molecule has 0 aromatic heterocycles. The Bertz CT molecular complexity index is 414. The Hall–Kier alpha value is -1.42. The van der Waals surface area contributed by atoms with Gasteiger partial charge in [-0.3, -0.25) is 0 Å². The van der Waals surface area contributed by atoms with Gasteiger partial charge in [0.05, 0.1) is 6.61 Å². The average molecular weight is 237 g/mol. The van der Waals surface area contributed by atoms with Crippen LogP contribution in [0, 0.1) is 11.7 Å². The zero-order chi connectivity index (χ0) is 12.5. The lowest BCUT2D eigenvalue weighted by Gasteiger charge is -2.27. The van der Waals surface area contributed by atoms with Gasteiger partial charge in [0.2, 0.25) is 0 Å². The molecule has 1 atom stereocenters. The first kappa shape index (κ1) is 12.0. The Morgan fingerprint density at radius 3 is 2.53 bits per heavy atom.